The number of hydrazine groups is 1. The molecule has 1 aromatic heterocycles. The van der Waals surface area contributed by atoms with Crippen LogP contribution in [0.3, 0.4) is 0 Å². The van der Waals surface area contributed by atoms with Gasteiger partial charge in [-0.1, -0.05) is 6.42 Å². The molecule has 1 saturated heterocycles. The summed E-state index contributed by atoms with van der Waals surface area (Å²) in [5.74, 6) is 5.90. The SMILES string of the molecule is NNc1nc(N2CCCC3CCCC32)cc(C(F)(F)F)n1. The third kappa shape index (κ3) is 2.76. The van der Waals surface area contributed by atoms with E-state index >= 15 is 0 Å². The summed E-state index contributed by atoms with van der Waals surface area (Å²) in [6, 6.07) is 1.32. The molecule has 8 heteroatoms. The third-order valence-electron chi connectivity index (χ3n) is 4.42. The molecule has 1 aliphatic carbocycles. The maximum Gasteiger partial charge on any atom is 0.433 e. The zero-order valence-electron chi connectivity index (χ0n) is 11.5. The number of nitrogens with one attached hydrogen (secondary N) is 1. The van der Waals surface area contributed by atoms with Crippen LogP contribution in [0.5, 0.6) is 0 Å². The maximum absolute atomic E-state index is 12.9. The topological polar surface area (TPSA) is 67.1 Å². The van der Waals surface area contributed by atoms with Gasteiger partial charge in [-0.05, 0) is 31.6 Å². The van der Waals surface area contributed by atoms with E-state index in [1.807, 2.05) is 4.90 Å². The highest BCUT2D eigenvalue weighted by atomic mass is 19.4. The van der Waals surface area contributed by atoms with Gasteiger partial charge in [0.1, 0.15) is 5.82 Å². The van der Waals surface area contributed by atoms with Crippen LogP contribution in [0.2, 0.25) is 0 Å². The molecule has 0 bridgehead atoms. The van der Waals surface area contributed by atoms with E-state index in [2.05, 4.69) is 15.4 Å². The first kappa shape index (κ1) is 14.4. The summed E-state index contributed by atoms with van der Waals surface area (Å²) in [5.41, 5.74) is 1.17. The molecule has 2 aliphatic rings. The van der Waals surface area contributed by atoms with E-state index in [1.165, 1.54) is 0 Å². The highest BCUT2D eigenvalue weighted by molar-refractivity contribution is 5.47. The van der Waals surface area contributed by atoms with Crippen LogP contribution in [0.1, 0.15) is 37.8 Å². The molecule has 21 heavy (non-hydrogen) atoms. The van der Waals surface area contributed by atoms with Crippen LogP contribution < -0.4 is 16.2 Å². The van der Waals surface area contributed by atoms with Crippen LogP contribution in [-0.2, 0) is 6.18 Å². The monoisotopic (exact) mass is 301 g/mol. The van der Waals surface area contributed by atoms with Gasteiger partial charge in [0.2, 0.25) is 5.95 Å². The first-order chi connectivity index (χ1) is 9.99. The predicted molar refractivity (Wildman–Crippen MR) is 72.6 cm³/mol. The van der Waals surface area contributed by atoms with Gasteiger partial charge in [-0.2, -0.15) is 18.2 Å². The normalized spacial score (nSPS) is 25.8. The number of halogens is 3. The lowest BCUT2D eigenvalue weighted by Gasteiger charge is -2.38. The van der Waals surface area contributed by atoms with E-state index in [0.29, 0.717) is 17.8 Å². The van der Waals surface area contributed by atoms with Gasteiger partial charge in [0.25, 0.3) is 0 Å². The molecule has 2 unspecified atom stereocenters. The number of nitrogens with zero attached hydrogens (tertiary/aromatic N) is 3. The van der Waals surface area contributed by atoms with Crippen molar-refractivity contribution < 1.29 is 13.2 Å². The molecule has 1 aromatic rings. The molecule has 5 nitrogen and oxygen atoms in total. The standard InChI is InChI=1S/C13H18F3N5/c14-13(15,16)10-7-11(19-12(18-10)20-17)21-6-2-4-8-3-1-5-9(8)21/h7-9H,1-6,17H2,(H,18,19,20). The smallest absolute Gasteiger partial charge is 0.353 e. The van der Waals surface area contributed by atoms with Gasteiger partial charge in [-0.25, -0.2) is 10.8 Å². The first-order valence-corrected chi connectivity index (χ1v) is 7.18. The maximum atomic E-state index is 12.9. The molecule has 0 amide bonds. The number of hydrogen-bond donors (Lipinski definition) is 2. The van der Waals surface area contributed by atoms with Gasteiger partial charge in [0.05, 0.1) is 0 Å². The average Bonchev–Trinajstić information content (AvgIpc) is 2.94. The third-order valence-corrected chi connectivity index (χ3v) is 4.42. The summed E-state index contributed by atoms with van der Waals surface area (Å²) >= 11 is 0. The number of aromatic nitrogens is 2. The van der Waals surface area contributed by atoms with Crippen LogP contribution in [0.25, 0.3) is 0 Å². The lowest BCUT2D eigenvalue weighted by molar-refractivity contribution is -0.141. The number of alkyl halides is 3. The predicted octanol–water partition coefficient (Wildman–Crippen LogP) is 2.55. The van der Waals surface area contributed by atoms with Gasteiger partial charge in [0, 0.05) is 18.7 Å². The second-order valence-corrected chi connectivity index (χ2v) is 5.67. The van der Waals surface area contributed by atoms with Crippen molar-refractivity contribution in [2.45, 2.75) is 44.3 Å². The summed E-state index contributed by atoms with van der Waals surface area (Å²) in [5, 5.41) is 0. The molecule has 2 heterocycles. The van der Waals surface area contributed by atoms with Crippen LogP contribution in [-0.4, -0.2) is 22.6 Å². The fraction of sp³-hybridized carbons (Fsp3) is 0.692. The molecular weight excluding hydrogens is 283 g/mol. The van der Waals surface area contributed by atoms with Crippen LogP contribution >= 0.6 is 0 Å². The summed E-state index contributed by atoms with van der Waals surface area (Å²) in [6.45, 7) is 0.736. The average molecular weight is 301 g/mol. The van der Waals surface area contributed by atoms with Crippen LogP contribution in [0.4, 0.5) is 24.9 Å². The van der Waals surface area contributed by atoms with Crippen molar-refractivity contribution in [2.75, 3.05) is 16.9 Å². The molecule has 0 spiro atoms. The van der Waals surface area contributed by atoms with Crippen molar-refractivity contribution in [3.63, 3.8) is 0 Å². The summed E-state index contributed by atoms with van der Waals surface area (Å²) in [6.07, 6.45) is 0.930. The van der Waals surface area contributed by atoms with E-state index in [1.54, 1.807) is 0 Å². The Morgan fingerprint density at radius 3 is 2.67 bits per heavy atom. The first-order valence-electron chi connectivity index (χ1n) is 7.18. The molecule has 0 radical (unpaired) electrons. The number of piperidine rings is 1. The van der Waals surface area contributed by atoms with Crippen LogP contribution in [0.15, 0.2) is 6.07 Å². The van der Waals surface area contributed by atoms with Gasteiger partial charge >= 0.3 is 6.18 Å². The number of nitrogen functional groups attached to an aromatic ring is 1. The van der Waals surface area contributed by atoms with Crippen molar-refractivity contribution in [1.82, 2.24) is 9.97 Å². The van der Waals surface area contributed by atoms with Crippen molar-refractivity contribution >= 4 is 11.8 Å². The number of rotatable bonds is 2. The molecular formula is C13H18F3N5. The Hall–Kier alpha value is -1.57. The zero-order chi connectivity index (χ0) is 15.0. The molecule has 3 N–H and O–H groups in total. The number of fused-ring (bicyclic) bond motifs is 1. The van der Waals surface area contributed by atoms with Gasteiger partial charge in [-0.3, -0.25) is 5.43 Å². The summed E-state index contributed by atoms with van der Waals surface area (Å²) in [4.78, 5) is 9.53. The van der Waals surface area contributed by atoms with E-state index in [9.17, 15) is 13.2 Å². The lowest BCUT2D eigenvalue weighted by atomic mass is 9.92. The minimum absolute atomic E-state index is 0.194. The molecule has 116 valence electrons. The number of nitrogens with two attached hydrogens (primary N) is 1. The Balaban J connectivity index is 1.97. The molecule has 2 fully saturated rings. The van der Waals surface area contributed by atoms with Crippen molar-refractivity contribution in [3.05, 3.63) is 11.8 Å². The number of hydrogen-bond acceptors (Lipinski definition) is 5. The Labute approximate surface area is 120 Å². The quantitative estimate of drug-likeness (QED) is 0.649. The molecule has 3 rings (SSSR count). The second-order valence-electron chi connectivity index (χ2n) is 5.67. The van der Waals surface area contributed by atoms with Crippen molar-refractivity contribution in [3.8, 4) is 0 Å². The van der Waals surface area contributed by atoms with E-state index < -0.39 is 11.9 Å². The Kier molecular flexibility index (Phi) is 3.64. The van der Waals surface area contributed by atoms with Gasteiger partial charge in [0.15, 0.2) is 5.69 Å². The van der Waals surface area contributed by atoms with Crippen molar-refractivity contribution in [2.24, 2.45) is 11.8 Å². The highest BCUT2D eigenvalue weighted by Crippen LogP contribution is 2.39. The molecule has 1 aliphatic heterocycles. The van der Waals surface area contributed by atoms with Gasteiger partial charge < -0.3 is 4.90 Å². The van der Waals surface area contributed by atoms with E-state index in [0.717, 1.165) is 44.7 Å². The largest absolute Gasteiger partial charge is 0.433 e. The number of anilines is 2. The molecule has 2 atom stereocenters. The lowest BCUT2D eigenvalue weighted by Crippen LogP contribution is -2.43. The summed E-state index contributed by atoms with van der Waals surface area (Å²) in [7, 11) is 0. The zero-order valence-corrected chi connectivity index (χ0v) is 11.5. The fourth-order valence-electron chi connectivity index (χ4n) is 3.53. The second kappa shape index (κ2) is 5.32. The van der Waals surface area contributed by atoms with Crippen LogP contribution in [0, 0.1) is 5.92 Å². The minimum Gasteiger partial charge on any atom is -0.353 e. The molecule has 0 aromatic carbocycles. The molecule has 1 saturated carbocycles. The Morgan fingerprint density at radius 2 is 1.95 bits per heavy atom. The summed E-state index contributed by atoms with van der Waals surface area (Å²) < 4.78 is 38.8. The Bertz CT molecular complexity index is 519. The van der Waals surface area contributed by atoms with E-state index in [-0.39, 0.29) is 5.95 Å². The minimum atomic E-state index is -4.51. The van der Waals surface area contributed by atoms with Gasteiger partial charge in [-0.15, -0.1) is 0 Å². The highest BCUT2D eigenvalue weighted by Gasteiger charge is 2.38. The van der Waals surface area contributed by atoms with Crippen molar-refractivity contribution in [1.29, 1.82) is 0 Å². The fourth-order valence-corrected chi connectivity index (χ4v) is 3.53. The Morgan fingerprint density at radius 1 is 1.19 bits per heavy atom. The van der Waals surface area contributed by atoms with E-state index in [4.69, 9.17) is 5.84 Å².